The average molecular weight is 282 g/mol. The highest BCUT2D eigenvalue weighted by Crippen LogP contribution is 2.18. The Balaban J connectivity index is 1.91. The molecule has 3 nitrogen and oxygen atoms in total. The topological polar surface area (TPSA) is 41.1 Å². The first-order valence-electron chi connectivity index (χ1n) is 7.25. The van der Waals surface area contributed by atoms with E-state index in [-0.39, 0.29) is 5.91 Å². The van der Waals surface area contributed by atoms with Crippen LogP contribution in [0.1, 0.15) is 37.8 Å². The van der Waals surface area contributed by atoms with Crippen molar-refractivity contribution in [1.29, 1.82) is 0 Å². The van der Waals surface area contributed by atoms with Gasteiger partial charge in [-0.3, -0.25) is 4.79 Å². The Bertz CT molecular complexity index is 586. The summed E-state index contributed by atoms with van der Waals surface area (Å²) in [6.07, 6.45) is 0. The van der Waals surface area contributed by atoms with Crippen molar-refractivity contribution in [2.24, 2.45) is 0 Å². The fourth-order valence-electron chi connectivity index (χ4n) is 2.10. The molecule has 0 spiro atoms. The predicted molar refractivity (Wildman–Crippen MR) is 88.6 cm³/mol. The van der Waals surface area contributed by atoms with Gasteiger partial charge in [-0.05, 0) is 41.3 Å². The summed E-state index contributed by atoms with van der Waals surface area (Å²) in [7, 11) is 0. The van der Waals surface area contributed by atoms with Crippen LogP contribution in [0.4, 0.5) is 11.4 Å². The zero-order valence-electron chi connectivity index (χ0n) is 12.8. The van der Waals surface area contributed by atoms with Gasteiger partial charge in [0, 0.05) is 24.8 Å². The van der Waals surface area contributed by atoms with E-state index in [0.717, 1.165) is 17.9 Å². The predicted octanol–water partition coefficient (Wildman–Crippen LogP) is 4.38. The number of hydrogen-bond acceptors (Lipinski definition) is 2. The molecule has 21 heavy (non-hydrogen) atoms. The van der Waals surface area contributed by atoms with Crippen molar-refractivity contribution in [2.45, 2.75) is 33.2 Å². The molecule has 0 radical (unpaired) electrons. The van der Waals surface area contributed by atoms with Gasteiger partial charge >= 0.3 is 0 Å². The highest BCUT2D eigenvalue weighted by molar-refractivity contribution is 5.88. The Morgan fingerprint density at radius 1 is 0.952 bits per heavy atom. The van der Waals surface area contributed by atoms with Gasteiger partial charge < -0.3 is 10.6 Å². The number of carbonyl (C=O) groups excluding carboxylic acids is 1. The Hall–Kier alpha value is -2.29. The number of anilines is 2. The molecule has 0 unspecified atom stereocenters. The number of amides is 1. The molecular weight excluding hydrogens is 260 g/mol. The summed E-state index contributed by atoms with van der Waals surface area (Å²) >= 11 is 0. The van der Waals surface area contributed by atoms with Crippen molar-refractivity contribution < 1.29 is 4.79 Å². The van der Waals surface area contributed by atoms with Gasteiger partial charge in [-0.1, -0.05) is 38.1 Å². The second-order valence-electron chi connectivity index (χ2n) is 5.51. The van der Waals surface area contributed by atoms with Gasteiger partial charge in [-0.15, -0.1) is 0 Å². The van der Waals surface area contributed by atoms with Gasteiger partial charge in [-0.25, -0.2) is 0 Å². The third-order valence-corrected chi connectivity index (χ3v) is 3.35. The normalized spacial score (nSPS) is 10.5. The molecule has 0 saturated heterocycles. The fourth-order valence-corrected chi connectivity index (χ4v) is 2.10. The fraction of sp³-hybridized carbons (Fsp3) is 0.278. The molecule has 0 bridgehead atoms. The second kappa shape index (κ2) is 6.93. The van der Waals surface area contributed by atoms with Crippen LogP contribution < -0.4 is 10.6 Å². The maximum absolute atomic E-state index is 11.0. The highest BCUT2D eigenvalue weighted by Gasteiger charge is 2.00. The first-order valence-corrected chi connectivity index (χ1v) is 7.25. The van der Waals surface area contributed by atoms with Crippen LogP contribution >= 0.6 is 0 Å². The van der Waals surface area contributed by atoms with Gasteiger partial charge in [0.15, 0.2) is 0 Å². The molecule has 0 fully saturated rings. The lowest BCUT2D eigenvalue weighted by Crippen LogP contribution is -2.06. The second-order valence-corrected chi connectivity index (χ2v) is 5.51. The third kappa shape index (κ3) is 4.63. The van der Waals surface area contributed by atoms with Crippen LogP contribution in [0.15, 0.2) is 48.5 Å². The van der Waals surface area contributed by atoms with E-state index in [9.17, 15) is 4.79 Å². The van der Waals surface area contributed by atoms with E-state index < -0.39 is 0 Å². The lowest BCUT2D eigenvalue weighted by atomic mass is 10.0. The quantitative estimate of drug-likeness (QED) is 0.854. The van der Waals surface area contributed by atoms with E-state index in [0.29, 0.717) is 5.92 Å². The molecular formula is C18H22N2O. The Labute approximate surface area is 126 Å². The maximum atomic E-state index is 11.0. The van der Waals surface area contributed by atoms with Gasteiger partial charge in [0.1, 0.15) is 0 Å². The molecule has 110 valence electrons. The molecule has 3 heteroatoms. The number of nitrogens with one attached hydrogen (secondary N) is 2. The molecule has 0 aliphatic rings. The SMILES string of the molecule is CC(=O)Nc1ccc(CNc2ccc(C(C)C)cc2)cc1. The van der Waals surface area contributed by atoms with E-state index in [1.165, 1.54) is 18.1 Å². The molecule has 2 N–H and O–H groups in total. The monoisotopic (exact) mass is 282 g/mol. The largest absolute Gasteiger partial charge is 0.381 e. The first kappa shape index (κ1) is 15.1. The average Bonchev–Trinajstić information content (AvgIpc) is 2.46. The lowest BCUT2D eigenvalue weighted by Gasteiger charge is -2.10. The van der Waals surface area contributed by atoms with Crippen molar-refractivity contribution in [3.63, 3.8) is 0 Å². The summed E-state index contributed by atoms with van der Waals surface area (Å²) in [6, 6.07) is 16.4. The summed E-state index contributed by atoms with van der Waals surface area (Å²) < 4.78 is 0. The van der Waals surface area contributed by atoms with Crippen molar-refractivity contribution in [3.8, 4) is 0 Å². The van der Waals surface area contributed by atoms with E-state index in [2.05, 4.69) is 48.7 Å². The van der Waals surface area contributed by atoms with Crippen LogP contribution in [-0.4, -0.2) is 5.91 Å². The smallest absolute Gasteiger partial charge is 0.221 e. The van der Waals surface area contributed by atoms with E-state index in [4.69, 9.17) is 0 Å². The zero-order valence-corrected chi connectivity index (χ0v) is 12.8. The molecule has 2 aromatic rings. The number of carbonyl (C=O) groups is 1. The molecule has 0 heterocycles. The van der Waals surface area contributed by atoms with E-state index >= 15 is 0 Å². The molecule has 0 saturated carbocycles. The summed E-state index contributed by atoms with van der Waals surface area (Å²) in [6.45, 7) is 6.66. The molecule has 2 rings (SSSR count). The molecule has 1 amide bonds. The van der Waals surface area contributed by atoms with Crippen molar-refractivity contribution in [1.82, 2.24) is 0 Å². The molecule has 2 aromatic carbocycles. The highest BCUT2D eigenvalue weighted by atomic mass is 16.1. The minimum absolute atomic E-state index is 0.0499. The van der Waals surface area contributed by atoms with Crippen molar-refractivity contribution >= 4 is 17.3 Å². The van der Waals surface area contributed by atoms with Crippen LogP contribution in [-0.2, 0) is 11.3 Å². The summed E-state index contributed by atoms with van der Waals surface area (Å²) in [4.78, 5) is 11.0. The van der Waals surface area contributed by atoms with Crippen molar-refractivity contribution in [3.05, 3.63) is 59.7 Å². The molecule has 0 aromatic heterocycles. The molecule has 0 atom stereocenters. The van der Waals surface area contributed by atoms with Gasteiger partial charge in [0.25, 0.3) is 0 Å². The standard InChI is InChI=1S/C18H22N2O/c1-13(2)16-6-10-17(11-7-16)19-12-15-4-8-18(9-5-15)20-14(3)21/h4-11,13,19H,12H2,1-3H3,(H,20,21). The Morgan fingerprint density at radius 2 is 1.52 bits per heavy atom. The summed E-state index contributed by atoms with van der Waals surface area (Å²) in [5, 5.41) is 6.16. The maximum Gasteiger partial charge on any atom is 0.221 e. The summed E-state index contributed by atoms with van der Waals surface area (Å²) in [5.41, 5.74) is 4.47. The van der Waals surface area contributed by atoms with E-state index in [1.54, 1.807) is 0 Å². The Morgan fingerprint density at radius 3 is 2.05 bits per heavy atom. The van der Waals surface area contributed by atoms with Crippen molar-refractivity contribution in [2.75, 3.05) is 10.6 Å². The summed E-state index contributed by atoms with van der Waals surface area (Å²) in [5.74, 6) is 0.506. The number of hydrogen-bond donors (Lipinski definition) is 2. The molecule has 0 aliphatic heterocycles. The minimum Gasteiger partial charge on any atom is -0.381 e. The Kier molecular flexibility index (Phi) is 4.99. The number of rotatable bonds is 5. The van der Waals surface area contributed by atoms with Gasteiger partial charge in [-0.2, -0.15) is 0 Å². The van der Waals surface area contributed by atoms with E-state index in [1.807, 2.05) is 24.3 Å². The molecule has 0 aliphatic carbocycles. The van der Waals surface area contributed by atoms with Gasteiger partial charge in [0.05, 0.1) is 0 Å². The zero-order chi connectivity index (χ0) is 15.2. The third-order valence-electron chi connectivity index (χ3n) is 3.35. The van der Waals surface area contributed by atoms with Crippen LogP contribution in [0.3, 0.4) is 0 Å². The first-order chi connectivity index (χ1) is 10.0. The van der Waals surface area contributed by atoms with Crippen LogP contribution in [0.5, 0.6) is 0 Å². The lowest BCUT2D eigenvalue weighted by molar-refractivity contribution is -0.114. The van der Waals surface area contributed by atoms with Gasteiger partial charge in [0.2, 0.25) is 5.91 Å². The van der Waals surface area contributed by atoms with Crippen LogP contribution in [0.25, 0.3) is 0 Å². The van der Waals surface area contributed by atoms with Crippen LogP contribution in [0.2, 0.25) is 0 Å². The minimum atomic E-state index is -0.0499. The van der Waals surface area contributed by atoms with Crippen LogP contribution in [0, 0.1) is 0 Å². The number of benzene rings is 2.